The van der Waals surface area contributed by atoms with Crippen molar-refractivity contribution in [2.75, 3.05) is 0 Å². The number of hydrogen-bond acceptors (Lipinski definition) is 24. The van der Waals surface area contributed by atoms with Crippen LogP contribution < -0.4 is 73.8 Å². The third-order valence-corrected chi connectivity index (χ3v) is 0. The molecule has 0 radical (unpaired) electrons. The van der Waals surface area contributed by atoms with Gasteiger partial charge < -0.3 is 101 Å². The Bertz CT molecular complexity index is 369. The van der Waals surface area contributed by atoms with E-state index in [1.807, 2.05) is 0 Å². The second-order valence-electron chi connectivity index (χ2n) is 1.22. The maximum Gasteiger partial charge on any atom is 3.00 e. The second-order valence-corrected chi connectivity index (χ2v) is 3.67. The molecule has 0 rings (SSSR count). The van der Waals surface area contributed by atoms with Crippen molar-refractivity contribution in [1.82, 2.24) is 73.8 Å². The van der Waals surface area contributed by atoms with Gasteiger partial charge in [-0.05, 0) is 0 Å². The van der Waals surface area contributed by atoms with Crippen LogP contribution in [0.2, 0.25) is 0 Å². The molecule has 29 heteroatoms. The average molecular weight is 610 g/mol. The summed E-state index contributed by atoms with van der Waals surface area (Å²) in [5, 5.41) is 0. The van der Waals surface area contributed by atoms with E-state index in [1.54, 1.807) is 0 Å². The third-order valence-electron chi connectivity index (χ3n) is 0. The van der Waals surface area contributed by atoms with Crippen LogP contribution in [-0.2, 0) is 64.8 Å². The van der Waals surface area contributed by atoms with Crippen LogP contribution in [-0.4, -0.2) is 52.6 Å². The minimum Gasteiger partial charge on any atom is -0.759 e. The molecular weight excluding hydrogens is 574 g/mol. The van der Waals surface area contributed by atoms with E-state index in [-0.39, 0.29) is 107 Å². The molecule has 24 nitrogen and oxygen atoms in total. The summed E-state index contributed by atoms with van der Waals surface area (Å²) < 4.78 is 102. The molecule has 36 N–H and O–H groups in total. The fraction of sp³-hybridized carbons (Fsp3) is 0. The van der Waals surface area contributed by atoms with Crippen molar-refractivity contribution in [2.45, 2.75) is 0 Å². The molecule has 0 atom stereocenters. The van der Waals surface area contributed by atoms with Crippen molar-refractivity contribution in [2.24, 2.45) is 0 Å². The van der Waals surface area contributed by atoms with Gasteiger partial charge in [0.1, 0.15) is 0 Å². The topological polar surface area (TPSA) is 661 Å². The van der Waals surface area contributed by atoms with Gasteiger partial charge in [-0.25, -0.2) is 0 Å². The maximum absolute atomic E-state index is 8.52. The first kappa shape index (κ1) is 157. The van der Waals surface area contributed by atoms with E-state index in [0.717, 1.165) is 0 Å². The Labute approximate surface area is 191 Å². The van der Waals surface area contributed by atoms with Crippen LogP contribution in [0.25, 0.3) is 0 Å². The summed E-state index contributed by atoms with van der Waals surface area (Å²) >= 11 is 0. The molecule has 0 spiro atoms. The van der Waals surface area contributed by atoms with Crippen molar-refractivity contribution < 1.29 is 86.1 Å². The summed E-state index contributed by atoms with van der Waals surface area (Å²) in [6.07, 6.45) is 0. The fourth-order valence-corrected chi connectivity index (χ4v) is 0. The van der Waals surface area contributed by atoms with Crippen LogP contribution in [0.1, 0.15) is 0 Å². The van der Waals surface area contributed by atoms with Gasteiger partial charge in [0.15, 0.2) is 0 Å². The van der Waals surface area contributed by atoms with Gasteiger partial charge in [-0.3, -0.25) is 25.3 Å². The second kappa shape index (κ2) is 63.0. The molecule has 0 aromatic carbocycles. The molecule has 0 saturated heterocycles. The molecule has 29 heavy (non-hydrogen) atoms. The van der Waals surface area contributed by atoms with Crippen LogP contribution in [0.5, 0.6) is 0 Å². The van der Waals surface area contributed by atoms with Crippen LogP contribution in [0, 0.1) is 0 Å². The monoisotopic (exact) mass is 610 g/mol. The molecule has 0 aliphatic heterocycles. The van der Waals surface area contributed by atoms with Crippen LogP contribution >= 0.6 is 0 Å². The zero-order valence-corrected chi connectivity index (χ0v) is 19.8. The molecule has 0 unspecified atom stereocenters. The van der Waals surface area contributed by atoms with Gasteiger partial charge in [0.05, 0.1) is 0 Å². The van der Waals surface area contributed by atoms with Crippen molar-refractivity contribution >= 4 is 31.2 Å². The van der Waals surface area contributed by atoms with Gasteiger partial charge >= 0.3 is 33.6 Å². The van der Waals surface area contributed by atoms with E-state index in [0.29, 0.717) is 0 Å². The molecule has 204 valence electrons. The van der Waals surface area contributed by atoms with Gasteiger partial charge in [0.2, 0.25) is 0 Å². The Morgan fingerprint density at radius 3 is 0.276 bits per heavy atom. The molecule has 0 fully saturated rings. The summed E-state index contributed by atoms with van der Waals surface area (Å²) in [5.41, 5.74) is 0. The first-order valence-corrected chi connectivity index (χ1v) is 6.00. The largest absolute Gasteiger partial charge is 3.00 e. The van der Waals surface area contributed by atoms with Crippen LogP contribution in [0.15, 0.2) is 0 Å². The Balaban J connectivity index is -0.00000000400. The molecule has 0 amide bonds. The van der Waals surface area contributed by atoms with Gasteiger partial charge in [0, 0.05) is 31.2 Å². The van der Waals surface area contributed by atoms with Crippen molar-refractivity contribution in [1.29, 1.82) is 0 Å². The predicted molar refractivity (Wildman–Crippen MR) is 91.7 cm³/mol. The molecule has 0 heterocycles. The Morgan fingerprint density at radius 2 is 0.276 bits per heavy atom. The maximum atomic E-state index is 8.52. The minimum atomic E-state index is -5.17. The van der Waals surface area contributed by atoms with E-state index in [2.05, 4.69) is 0 Å². The van der Waals surface area contributed by atoms with Gasteiger partial charge in [0.25, 0.3) is 0 Å². The SMILES string of the molecule is N.N.N.N.N.N.N.N.N.N.N.N.O=S(=O)([O-])[O-].O=S(=O)([O-])[O-].O=S(=O)([O-])[O-].[Co+3].[Co+3]. The number of hydrogen-bond donors (Lipinski definition) is 12. The molecular formula is H36Co2N12O12S3. The summed E-state index contributed by atoms with van der Waals surface area (Å²) in [7, 11) is -15.5. The molecule has 0 bridgehead atoms. The smallest absolute Gasteiger partial charge is 0.759 e. The summed E-state index contributed by atoms with van der Waals surface area (Å²) in [4.78, 5) is 0. The summed E-state index contributed by atoms with van der Waals surface area (Å²) in [6, 6.07) is 0. The number of rotatable bonds is 0. The normalized spacial score (nSPS) is 6.00. The molecule has 0 aromatic heterocycles. The first-order valence-electron chi connectivity index (χ1n) is 2.00. The predicted octanol–water partition coefficient (Wildman–Crippen LogP) is -2.07. The Kier molecular flexibility index (Phi) is 340. The van der Waals surface area contributed by atoms with Crippen molar-refractivity contribution in [3.8, 4) is 0 Å². The Morgan fingerprint density at radius 1 is 0.276 bits per heavy atom. The van der Waals surface area contributed by atoms with Crippen LogP contribution in [0.4, 0.5) is 0 Å². The summed E-state index contributed by atoms with van der Waals surface area (Å²) in [5.74, 6) is 0. The van der Waals surface area contributed by atoms with Gasteiger partial charge in [-0.2, -0.15) is 0 Å². The van der Waals surface area contributed by atoms with E-state index in [1.165, 1.54) is 0 Å². The third kappa shape index (κ3) is 941000. The Hall–Kier alpha value is 0.143. The van der Waals surface area contributed by atoms with E-state index >= 15 is 0 Å². The zero-order chi connectivity index (χ0) is 13.5. The van der Waals surface area contributed by atoms with Crippen molar-refractivity contribution in [3.63, 3.8) is 0 Å². The molecule has 0 aliphatic carbocycles. The molecule has 0 aromatic rings. The summed E-state index contributed by atoms with van der Waals surface area (Å²) in [6.45, 7) is 0. The van der Waals surface area contributed by atoms with E-state index < -0.39 is 31.2 Å². The quantitative estimate of drug-likeness (QED) is 0.103. The van der Waals surface area contributed by atoms with E-state index in [4.69, 9.17) is 52.6 Å². The van der Waals surface area contributed by atoms with Gasteiger partial charge in [-0.15, -0.1) is 0 Å². The van der Waals surface area contributed by atoms with Crippen molar-refractivity contribution in [3.05, 3.63) is 0 Å². The fourth-order valence-electron chi connectivity index (χ4n) is 0. The van der Waals surface area contributed by atoms with Crippen LogP contribution in [0.3, 0.4) is 0 Å². The minimum absolute atomic E-state index is 0. The van der Waals surface area contributed by atoms with Gasteiger partial charge in [-0.1, -0.05) is 0 Å². The van der Waals surface area contributed by atoms with E-state index in [9.17, 15) is 0 Å². The standard InChI is InChI=1S/2Co.12H3N.3H2O4S/c;;;;;;;;;;;;;;3*1-5(2,3)4/h;;12*1H3;3*(H2,1,2,3,4)/q2*+3;;;;;;;;;;;;;;;/p-6. The first-order chi connectivity index (χ1) is 6.00. The molecule has 0 saturated carbocycles. The molecule has 0 aliphatic rings. The zero-order valence-electron chi connectivity index (χ0n) is 15.3. The average Bonchev–Trinajstić information content (AvgIpc) is 1.41.